The molecular formula is C11H21NO. The summed E-state index contributed by atoms with van der Waals surface area (Å²) in [5.74, 6) is 1.33. The van der Waals surface area contributed by atoms with Gasteiger partial charge in [-0.05, 0) is 44.1 Å². The van der Waals surface area contributed by atoms with E-state index >= 15 is 0 Å². The first-order chi connectivity index (χ1) is 6.40. The van der Waals surface area contributed by atoms with E-state index in [1.165, 1.54) is 38.5 Å². The topological polar surface area (TPSA) is 32.3 Å². The van der Waals surface area contributed by atoms with Crippen molar-refractivity contribution >= 4 is 0 Å². The molecule has 2 aliphatic rings. The van der Waals surface area contributed by atoms with Crippen LogP contribution in [0.15, 0.2) is 0 Å². The van der Waals surface area contributed by atoms with Gasteiger partial charge in [0, 0.05) is 12.6 Å². The summed E-state index contributed by atoms with van der Waals surface area (Å²) in [6, 6.07) is 0.821. The van der Waals surface area contributed by atoms with Crippen molar-refractivity contribution < 1.29 is 5.11 Å². The molecule has 0 bridgehead atoms. The molecule has 0 spiro atoms. The molecule has 76 valence electrons. The van der Waals surface area contributed by atoms with Gasteiger partial charge in [-0.1, -0.05) is 12.8 Å². The maximum absolute atomic E-state index is 9.21. The highest BCUT2D eigenvalue weighted by Gasteiger charge is 2.27. The number of aliphatic hydroxyl groups is 1. The molecule has 0 aromatic heterocycles. The molecule has 0 aromatic rings. The second-order valence-electron chi connectivity index (χ2n) is 4.67. The molecule has 2 saturated carbocycles. The fourth-order valence-electron chi connectivity index (χ4n) is 2.40. The van der Waals surface area contributed by atoms with E-state index in [0.29, 0.717) is 12.5 Å². The van der Waals surface area contributed by atoms with Gasteiger partial charge in [-0.15, -0.1) is 0 Å². The molecule has 2 unspecified atom stereocenters. The predicted octanol–water partition coefficient (Wildman–Crippen LogP) is 1.54. The van der Waals surface area contributed by atoms with E-state index in [0.717, 1.165) is 18.5 Å². The molecule has 2 atom stereocenters. The van der Waals surface area contributed by atoms with E-state index in [1.807, 2.05) is 0 Å². The van der Waals surface area contributed by atoms with Crippen molar-refractivity contribution in [3.63, 3.8) is 0 Å². The van der Waals surface area contributed by atoms with Gasteiger partial charge in [-0.2, -0.15) is 0 Å². The van der Waals surface area contributed by atoms with Crippen molar-refractivity contribution in [3.8, 4) is 0 Å². The highest BCUT2D eigenvalue weighted by molar-refractivity contribution is 4.84. The monoisotopic (exact) mass is 183 g/mol. The van der Waals surface area contributed by atoms with Crippen LogP contribution in [0.1, 0.15) is 38.5 Å². The van der Waals surface area contributed by atoms with Crippen LogP contribution in [0.4, 0.5) is 0 Å². The molecule has 0 heterocycles. The van der Waals surface area contributed by atoms with Crippen LogP contribution in [0, 0.1) is 11.8 Å². The number of aliphatic hydroxyl groups excluding tert-OH is 1. The van der Waals surface area contributed by atoms with Crippen LogP contribution in [0.5, 0.6) is 0 Å². The zero-order chi connectivity index (χ0) is 9.10. The predicted molar refractivity (Wildman–Crippen MR) is 53.6 cm³/mol. The summed E-state index contributed by atoms with van der Waals surface area (Å²) in [5, 5.41) is 12.8. The number of rotatable bonds is 4. The average molecular weight is 183 g/mol. The fourth-order valence-corrected chi connectivity index (χ4v) is 2.40. The zero-order valence-corrected chi connectivity index (χ0v) is 8.34. The highest BCUT2D eigenvalue weighted by Crippen LogP contribution is 2.30. The molecule has 0 aliphatic heterocycles. The van der Waals surface area contributed by atoms with Crippen molar-refractivity contribution in [1.82, 2.24) is 5.32 Å². The molecule has 2 heteroatoms. The van der Waals surface area contributed by atoms with Crippen LogP contribution in [0.2, 0.25) is 0 Å². The van der Waals surface area contributed by atoms with Crippen LogP contribution in [-0.4, -0.2) is 24.3 Å². The van der Waals surface area contributed by atoms with Gasteiger partial charge in [-0.25, -0.2) is 0 Å². The first kappa shape index (κ1) is 9.47. The van der Waals surface area contributed by atoms with E-state index in [-0.39, 0.29) is 0 Å². The van der Waals surface area contributed by atoms with Crippen LogP contribution in [-0.2, 0) is 0 Å². The first-order valence-corrected chi connectivity index (χ1v) is 5.74. The molecule has 0 saturated heterocycles. The Bertz CT molecular complexity index is 156. The van der Waals surface area contributed by atoms with Crippen molar-refractivity contribution in [2.45, 2.75) is 44.6 Å². The van der Waals surface area contributed by atoms with E-state index < -0.39 is 0 Å². The third kappa shape index (κ3) is 2.68. The highest BCUT2D eigenvalue weighted by atomic mass is 16.3. The largest absolute Gasteiger partial charge is 0.396 e. The molecule has 2 nitrogen and oxygen atoms in total. The molecule has 0 aromatic carbocycles. The lowest BCUT2D eigenvalue weighted by Crippen LogP contribution is -2.33. The molecule has 2 N–H and O–H groups in total. The Balaban J connectivity index is 1.72. The summed E-state index contributed by atoms with van der Waals surface area (Å²) in [6.45, 7) is 1.55. The first-order valence-electron chi connectivity index (χ1n) is 5.74. The van der Waals surface area contributed by atoms with Gasteiger partial charge >= 0.3 is 0 Å². The van der Waals surface area contributed by atoms with Crippen LogP contribution in [0.25, 0.3) is 0 Å². The quantitative estimate of drug-likeness (QED) is 0.693. The summed E-state index contributed by atoms with van der Waals surface area (Å²) in [7, 11) is 0. The summed E-state index contributed by atoms with van der Waals surface area (Å²) < 4.78 is 0. The average Bonchev–Trinajstić information content (AvgIpc) is 2.99. The van der Waals surface area contributed by atoms with Gasteiger partial charge in [0.2, 0.25) is 0 Å². The van der Waals surface area contributed by atoms with Crippen molar-refractivity contribution in [3.05, 3.63) is 0 Å². The lowest BCUT2D eigenvalue weighted by Gasteiger charge is -2.30. The Morgan fingerprint density at radius 2 is 1.69 bits per heavy atom. The van der Waals surface area contributed by atoms with E-state index in [2.05, 4.69) is 5.32 Å². The van der Waals surface area contributed by atoms with Gasteiger partial charge in [0.1, 0.15) is 0 Å². The number of hydrogen-bond acceptors (Lipinski definition) is 2. The second kappa shape index (κ2) is 4.43. The summed E-state index contributed by atoms with van der Waals surface area (Å²) >= 11 is 0. The summed E-state index contributed by atoms with van der Waals surface area (Å²) in [6.07, 6.45) is 8.00. The van der Waals surface area contributed by atoms with Gasteiger partial charge in [0.25, 0.3) is 0 Å². The fraction of sp³-hybridized carbons (Fsp3) is 1.00. The van der Waals surface area contributed by atoms with E-state index in [1.54, 1.807) is 0 Å². The van der Waals surface area contributed by atoms with Gasteiger partial charge in [-0.3, -0.25) is 0 Å². The standard InChI is InChI=1S/C11H21NO/c13-8-10-4-2-1-3-9(10)7-12-11-5-6-11/h9-13H,1-8H2. The maximum Gasteiger partial charge on any atom is 0.0462 e. The smallest absolute Gasteiger partial charge is 0.0462 e. The Labute approximate surface area is 80.7 Å². The maximum atomic E-state index is 9.21. The van der Waals surface area contributed by atoms with E-state index in [4.69, 9.17) is 0 Å². The Morgan fingerprint density at radius 1 is 1.00 bits per heavy atom. The normalized spacial score (nSPS) is 34.8. The molecule has 2 fully saturated rings. The van der Waals surface area contributed by atoms with Crippen LogP contribution >= 0.6 is 0 Å². The summed E-state index contributed by atoms with van der Waals surface area (Å²) in [5.41, 5.74) is 0. The minimum atomic E-state index is 0.400. The molecule has 13 heavy (non-hydrogen) atoms. The summed E-state index contributed by atoms with van der Waals surface area (Å²) in [4.78, 5) is 0. The lowest BCUT2D eigenvalue weighted by molar-refractivity contribution is 0.133. The molecule has 2 aliphatic carbocycles. The van der Waals surface area contributed by atoms with Gasteiger partial charge in [0.05, 0.1) is 0 Å². The third-order valence-electron chi connectivity index (χ3n) is 3.55. The number of hydrogen-bond donors (Lipinski definition) is 2. The Kier molecular flexibility index (Phi) is 3.23. The molecule has 0 radical (unpaired) electrons. The Hall–Kier alpha value is -0.0800. The Morgan fingerprint density at radius 3 is 2.31 bits per heavy atom. The molecule has 2 rings (SSSR count). The minimum absolute atomic E-state index is 0.400. The van der Waals surface area contributed by atoms with Crippen LogP contribution in [0.3, 0.4) is 0 Å². The second-order valence-corrected chi connectivity index (χ2v) is 4.67. The SMILES string of the molecule is OCC1CCCCC1CNC1CC1. The molecule has 0 amide bonds. The lowest BCUT2D eigenvalue weighted by atomic mass is 9.79. The van der Waals surface area contributed by atoms with Gasteiger partial charge < -0.3 is 10.4 Å². The van der Waals surface area contributed by atoms with Crippen molar-refractivity contribution in [1.29, 1.82) is 0 Å². The van der Waals surface area contributed by atoms with Crippen LogP contribution < -0.4 is 5.32 Å². The third-order valence-corrected chi connectivity index (χ3v) is 3.55. The van der Waals surface area contributed by atoms with Crippen molar-refractivity contribution in [2.24, 2.45) is 11.8 Å². The van der Waals surface area contributed by atoms with Gasteiger partial charge in [0.15, 0.2) is 0 Å². The van der Waals surface area contributed by atoms with E-state index in [9.17, 15) is 5.11 Å². The minimum Gasteiger partial charge on any atom is -0.396 e. The molecular weight excluding hydrogens is 162 g/mol. The number of nitrogens with one attached hydrogen (secondary N) is 1. The van der Waals surface area contributed by atoms with Crippen molar-refractivity contribution in [2.75, 3.05) is 13.2 Å². The zero-order valence-electron chi connectivity index (χ0n) is 8.34.